The second kappa shape index (κ2) is 5.21. The minimum absolute atomic E-state index is 0.0995. The molecule has 0 heterocycles. The number of allylic oxidation sites excluding steroid dienone is 1. The van der Waals surface area contributed by atoms with Gasteiger partial charge < -0.3 is 10.6 Å². The average molecular weight is 236 g/mol. The average Bonchev–Trinajstić information content (AvgIpc) is 2.89. The van der Waals surface area contributed by atoms with Gasteiger partial charge in [0.25, 0.3) is 0 Å². The Morgan fingerprint density at radius 2 is 2.18 bits per heavy atom. The van der Waals surface area contributed by atoms with Crippen LogP contribution in [-0.4, -0.2) is 30.4 Å². The molecule has 0 spiro atoms. The molecule has 4 unspecified atom stereocenters. The van der Waals surface area contributed by atoms with Gasteiger partial charge >= 0.3 is 0 Å². The van der Waals surface area contributed by atoms with Crippen LogP contribution in [0.15, 0.2) is 12.7 Å². The molecule has 0 radical (unpaired) electrons. The number of amides is 1. The number of carbonyl (C=O) groups excluding carboxylic acids is 1. The van der Waals surface area contributed by atoms with E-state index in [1.54, 1.807) is 0 Å². The minimum Gasteiger partial charge on any atom is -0.345 e. The summed E-state index contributed by atoms with van der Waals surface area (Å²) in [5, 5.41) is 0. The van der Waals surface area contributed by atoms with Crippen LogP contribution in [-0.2, 0) is 4.79 Å². The van der Waals surface area contributed by atoms with Crippen LogP contribution in [0, 0.1) is 17.8 Å². The quantitative estimate of drug-likeness (QED) is 0.584. The second-order valence-corrected chi connectivity index (χ2v) is 5.63. The van der Waals surface area contributed by atoms with Gasteiger partial charge in [0.1, 0.15) is 0 Å². The van der Waals surface area contributed by atoms with Gasteiger partial charge in [-0.05, 0) is 43.9 Å². The summed E-state index contributed by atoms with van der Waals surface area (Å²) >= 11 is 0. The molecule has 2 fully saturated rings. The van der Waals surface area contributed by atoms with E-state index in [1.165, 1.54) is 19.3 Å². The molecule has 2 aliphatic rings. The fraction of sp³-hybridized carbons (Fsp3) is 0.786. The Labute approximate surface area is 104 Å². The molecule has 3 heteroatoms. The summed E-state index contributed by atoms with van der Waals surface area (Å²) < 4.78 is 0. The van der Waals surface area contributed by atoms with Crippen molar-refractivity contribution >= 4 is 5.91 Å². The van der Waals surface area contributed by atoms with Gasteiger partial charge in [-0.3, -0.25) is 4.79 Å². The maximum Gasteiger partial charge on any atom is 0.227 e. The van der Waals surface area contributed by atoms with Gasteiger partial charge in [0.05, 0.1) is 5.92 Å². The summed E-state index contributed by atoms with van der Waals surface area (Å²) in [4.78, 5) is 14.2. The molecule has 2 rings (SSSR count). The van der Waals surface area contributed by atoms with Crippen LogP contribution in [0.2, 0.25) is 0 Å². The zero-order valence-electron chi connectivity index (χ0n) is 10.8. The molecule has 2 N–H and O–H groups in total. The van der Waals surface area contributed by atoms with Gasteiger partial charge in [-0.1, -0.05) is 6.08 Å². The predicted molar refractivity (Wildman–Crippen MR) is 69.4 cm³/mol. The predicted octanol–water partition coefficient (Wildman–Crippen LogP) is 1.78. The number of fused-ring (bicyclic) bond motifs is 2. The van der Waals surface area contributed by atoms with Crippen LogP contribution >= 0.6 is 0 Å². The summed E-state index contributed by atoms with van der Waals surface area (Å²) in [6.45, 7) is 4.52. The van der Waals surface area contributed by atoms with Crippen molar-refractivity contribution in [2.45, 2.75) is 38.1 Å². The van der Waals surface area contributed by atoms with E-state index in [0.717, 1.165) is 19.4 Å². The van der Waals surface area contributed by atoms with Crippen molar-refractivity contribution in [2.24, 2.45) is 23.5 Å². The third-order valence-corrected chi connectivity index (χ3v) is 4.54. The number of rotatable bonds is 5. The molecule has 0 aromatic rings. The number of hydrogen-bond donors (Lipinski definition) is 1. The van der Waals surface area contributed by atoms with Crippen LogP contribution in [0.4, 0.5) is 0 Å². The van der Waals surface area contributed by atoms with Crippen LogP contribution in [0.3, 0.4) is 0 Å². The molecule has 17 heavy (non-hydrogen) atoms. The summed E-state index contributed by atoms with van der Waals surface area (Å²) in [6.07, 6.45) is 7.49. The lowest BCUT2D eigenvalue weighted by Crippen LogP contribution is -2.46. The summed E-state index contributed by atoms with van der Waals surface area (Å²) in [5.41, 5.74) is 6.19. The smallest absolute Gasteiger partial charge is 0.227 e. The molecular weight excluding hydrogens is 212 g/mol. The van der Waals surface area contributed by atoms with E-state index >= 15 is 0 Å². The van der Waals surface area contributed by atoms with Crippen molar-refractivity contribution in [1.82, 2.24) is 4.90 Å². The molecule has 0 saturated heterocycles. The van der Waals surface area contributed by atoms with Crippen LogP contribution in [0.25, 0.3) is 0 Å². The number of nitrogens with two attached hydrogens (primary N) is 1. The SMILES string of the molecule is C=CCCCN(C)C(=O)C1C2CCC(C2)C1N. The Hall–Kier alpha value is -0.830. The van der Waals surface area contributed by atoms with E-state index in [1.807, 2.05) is 18.0 Å². The Balaban J connectivity index is 1.89. The third-order valence-electron chi connectivity index (χ3n) is 4.54. The van der Waals surface area contributed by atoms with E-state index in [4.69, 9.17) is 5.73 Å². The maximum atomic E-state index is 12.4. The highest BCUT2D eigenvalue weighted by atomic mass is 16.2. The Morgan fingerprint density at radius 1 is 1.47 bits per heavy atom. The molecule has 0 aromatic heterocycles. The summed E-state index contributed by atoms with van der Waals surface area (Å²) in [6, 6.07) is 0.114. The largest absolute Gasteiger partial charge is 0.345 e. The lowest BCUT2D eigenvalue weighted by atomic mass is 9.84. The number of carbonyl (C=O) groups is 1. The molecule has 0 aromatic carbocycles. The monoisotopic (exact) mass is 236 g/mol. The number of unbranched alkanes of at least 4 members (excludes halogenated alkanes) is 1. The van der Waals surface area contributed by atoms with Crippen molar-refractivity contribution in [2.75, 3.05) is 13.6 Å². The first-order valence-corrected chi connectivity index (χ1v) is 6.76. The molecule has 2 bridgehead atoms. The second-order valence-electron chi connectivity index (χ2n) is 5.63. The zero-order chi connectivity index (χ0) is 12.4. The standard InChI is InChI=1S/C14H24N2O/c1-3-4-5-8-16(2)14(17)12-10-6-7-11(9-10)13(12)15/h3,10-13H,1,4-9,15H2,2H3. The Kier molecular flexibility index (Phi) is 3.87. The van der Waals surface area contributed by atoms with E-state index in [9.17, 15) is 4.79 Å². The van der Waals surface area contributed by atoms with E-state index in [2.05, 4.69) is 6.58 Å². The Morgan fingerprint density at radius 3 is 2.76 bits per heavy atom. The highest BCUT2D eigenvalue weighted by Gasteiger charge is 2.49. The van der Waals surface area contributed by atoms with Gasteiger partial charge in [0, 0.05) is 19.6 Å². The molecular formula is C14H24N2O. The van der Waals surface area contributed by atoms with Crippen molar-refractivity contribution < 1.29 is 4.79 Å². The highest BCUT2D eigenvalue weighted by Crippen LogP contribution is 2.48. The van der Waals surface area contributed by atoms with E-state index in [0.29, 0.717) is 11.8 Å². The Bertz CT molecular complexity index is 301. The topological polar surface area (TPSA) is 46.3 Å². The van der Waals surface area contributed by atoms with E-state index < -0.39 is 0 Å². The first-order valence-electron chi connectivity index (χ1n) is 6.76. The fourth-order valence-electron chi connectivity index (χ4n) is 3.54. The van der Waals surface area contributed by atoms with Gasteiger partial charge in [-0.2, -0.15) is 0 Å². The first-order chi connectivity index (χ1) is 8.15. The molecule has 2 saturated carbocycles. The van der Waals surface area contributed by atoms with Crippen molar-refractivity contribution in [3.63, 3.8) is 0 Å². The van der Waals surface area contributed by atoms with Crippen LogP contribution in [0.1, 0.15) is 32.1 Å². The van der Waals surface area contributed by atoms with Gasteiger partial charge in [-0.15, -0.1) is 6.58 Å². The van der Waals surface area contributed by atoms with Gasteiger partial charge in [0.2, 0.25) is 5.91 Å². The van der Waals surface area contributed by atoms with Gasteiger partial charge in [-0.25, -0.2) is 0 Å². The normalized spacial score (nSPS) is 34.9. The lowest BCUT2D eigenvalue weighted by Gasteiger charge is -2.30. The maximum absolute atomic E-state index is 12.4. The zero-order valence-corrected chi connectivity index (χ0v) is 10.8. The summed E-state index contributed by atoms with van der Waals surface area (Å²) in [5.74, 6) is 1.54. The van der Waals surface area contributed by atoms with Crippen molar-refractivity contribution in [3.8, 4) is 0 Å². The molecule has 3 nitrogen and oxygen atoms in total. The molecule has 0 aliphatic heterocycles. The third kappa shape index (κ3) is 2.39. The first kappa shape index (κ1) is 12.6. The molecule has 4 atom stereocenters. The molecule has 96 valence electrons. The fourth-order valence-corrected chi connectivity index (χ4v) is 3.54. The minimum atomic E-state index is 0.0995. The van der Waals surface area contributed by atoms with Crippen molar-refractivity contribution in [3.05, 3.63) is 12.7 Å². The number of hydrogen-bond acceptors (Lipinski definition) is 2. The van der Waals surface area contributed by atoms with E-state index in [-0.39, 0.29) is 17.9 Å². The number of nitrogens with zero attached hydrogens (tertiary/aromatic N) is 1. The van der Waals surface area contributed by atoms with Gasteiger partial charge in [0.15, 0.2) is 0 Å². The van der Waals surface area contributed by atoms with Crippen LogP contribution < -0.4 is 5.73 Å². The van der Waals surface area contributed by atoms with Crippen LogP contribution in [0.5, 0.6) is 0 Å². The molecule has 2 aliphatic carbocycles. The lowest BCUT2D eigenvalue weighted by molar-refractivity contribution is -0.136. The summed E-state index contributed by atoms with van der Waals surface area (Å²) in [7, 11) is 1.91. The highest BCUT2D eigenvalue weighted by molar-refractivity contribution is 5.80. The van der Waals surface area contributed by atoms with Crippen molar-refractivity contribution in [1.29, 1.82) is 0 Å². The molecule has 1 amide bonds.